The zero-order valence-corrected chi connectivity index (χ0v) is 22.1. The summed E-state index contributed by atoms with van der Waals surface area (Å²) in [5, 5.41) is 10.5. The van der Waals surface area contributed by atoms with E-state index in [-0.39, 0.29) is 30.0 Å². The first kappa shape index (κ1) is 29.6. The molecule has 2 aromatic rings. The molecule has 0 saturated heterocycles. The number of imidazole rings is 1. The number of carbonyl (C=O) groups is 1. The molecule has 0 aliphatic carbocycles. The third kappa shape index (κ3) is 7.77. The summed E-state index contributed by atoms with van der Waals surface area (Å²) < 4.78 is 92.9. The molecule has 2 heterocycles. The summed E-state index contributed by atoms with van der Waals surface area (Å²) in [5.74, 6) is -1.73. The molecule has 1 aromatic heterocycles. The number of hydrogen-bond acceptors (Lipinski definition) is 7. The van der Waals surface area contributed by atoms with Crippen LogP contribution in [0.1, 0.15) is 16.9 Å². The van der Waals surface area contributed by atoms with Gasteiger partial charge in [0.2, 0.25) is 6.35 Å². The number of aliphatic hydroxyl groups is 1. The Balaban J connectivity index is 1.96. The van der Waals surface area contributed by atoms with Crippen molar-refractivity contribution in [1.29, 1.82) is 0 Å². The van der Waals surface area contributed by atoms with Gasteiger partial charge in [-0.1, -0.05) is 25.7 Å². The molecule has 0 spiro atoms. The number of anilines is 1. The van der Waals surface area contributed by atoms with Crippen molar-refractivity contribution < 1.29 is 50.5 Å². The van der Waals surface area contributed by atoms with Gasteiger partial charge in [-0.05, 0) is 18.2 Å². The van der Waals surface area contributed by atoms with Crippen molar-refractivity contribution >= 4 is 19.8 Å². The summed E-state index contributed by atoms with van der Waals surface area (Å²) in [6, 6.07) is 5.06. The number of carbonyl (C=O) groups excluding carboxylic acids is 1. The van der Waals surface area contributed by atoms with Gasteiger partial charge in [0.05, 0.1) is 6.42 Å². The molecule has 0 bridgehead atoms. The number of alkyl halides is 6. The molecule has 1 amide bonds. The molecule has 1 N–H and O–H groups in total. The third-order valence-corrected chi connectivity index (χ3v) is 7.14. The Morgan fingerprint density at radius 3 is 2.37 bits per heavy atom. The van der Waals surface area contributed by atoms with Crippen molar-refractivity contribution in [2.24, 2.45) is 0 Å². The van der Waals surface area contributed by atoms with Gasteiger partial charge in [0.25, 0.3) is 5.91 Å². The average molecular weight is 571 g/mol. The molecule has 1 aliphatic rings. The normalized spacial score (nSPS) is 16.6. The third-order valence-electron chi connectivity index (χ3n) is 5.44. The van der Waals surface area contributed by atoms with Crippen LogP contribution in [-0.2, 0) is 11.5 Å². The second kappa shape index (κ2) is 11.0. The molecule has 16 heteroatoms. The van der Waals surface area contributed by atoms with E-state index in [1.807, 2.05) is 0 Å². The highest BCUT2D eigenvalue weighted by Crippen LogP contribution is 2.36. The van der Waals surface area contributed by atoms with Crippen LogP contribution in [0.5, 0.6) is 17.5 Å². The van der Waals surface area contributed by atoms with Gasteiger partial charge in [0, 0.05) is 34.3 Å². The fourth-order valence-electron chi connectivity index (χ4n) is 3.47. The van der Waals surface area contributed by atoms with Crippen LogP contribution in [-0.4, -0.2) is 72.6 Å². The Morgan fingerprint density at radius 1 is 1.11 bits per heavy atom. The van der Waals surface area contributed by atoms with E-state index in [1.54, 1.807) is 0 Å². The van der Waals surface area contributed by atoms with Gasteiger partial charge >= 0.3 is 18.5 Å². The highest BCUT2D eigenvalue weighted by atomic mass is 28.3. The second-order valence-corrected chi connectivity index (χ2v) is 15.4. The SMILES string of the molecule is CN1c2nc(Oc3cccc(OC(F)(F)F)c3)n(COCC[Si](C)(C)C)c2C(=O)N(CCC(F)(F)F)C1O. The number of aromatic nitrogens is 2. The molecule has 0 saturated carbocycles. The van der Waals surface area contributed by atoms with Crippen LogP contribution in [0.2, 0.25) is 25.7 Å². The number of halogens is 6. The highest BCUT2D eigenvalue weighted by Gasteiger charge is 2.42. The molecule has 1 aromatic carbocycles. The van der Waals surface area contributed by atoms with Gasteiger partial charge in [-0.2, -0.15) is 18.2 Å². The van der Waals surface area contributed by atoms with Crippen LogP contribution >= 0.6 is 0 Å². The van der Waals surface area contributed by atoms with Gasteiger partial charge in [-0.25, -0.2) is 0 Å². The zero-order chi connectivity index (χ0) is 28.5. The highest BCUT2D eigenvalue weighted by molar-refractivity contribution is 6.76. The van der Waals surface area contributed by atoms with E-state index in [9.17, 15) is 36.2 Å². The van der Waals surface area contributed by atoms with E-state index >= 15 is 0 Å². The van der Waals surface area contributed by atoms with Crippen molar-refractivity contribution in [2.75, 3.05) is 25.1 Å². The van der Waals surface area contributed by atoms with Crippen LogP contribution in [0.25, 0.3) is 0 Å². The molecule has 0 radical (unpaired) electrons. The van der Waals surface area contributed by atoms with Crippen molar-refractivity contribution in [3.8, 4) is 17.5 Å². The first-order chi connectivity index (χ1) is 17.5. The van der Waals surface area contributed by atoms with Gasteiger partial charge in [-0.15, -0.1) is 13.2 Å². The molecule has 9 nitrogen and oxygen atoms in total. The monoisotopic (exact) mass is 570 g/mol. The molecule has 212 valence electrons. The first-order valence-electron chi connectivity index (χ1n) is 11.5. The minimum atomic E-state index is -4.94. The molecule has 1 atom stereocenters. The fourth-order valence-corrected chi connectivity index (χ4v) is 4.23. The molecule has 0 fully saturated rings. The minimum Gasteiger partial charge on any atom is -0.425 e. The lowest BCUT2D eigenvalue weighted by Crippen LogP contribution is -2.55. The van der Waals surface area contributed by atoms with Gasteiger partial charge in [-0.3, -0.25) is 14.3 Å². The number of benzene rings is 1. The predicted octanol–water partition coefficient (Wildman–Crippen LogP) is 5.01. The molecular formula is C22H28F6N4O5Si. The summed E-state index contributed by atoms with van der Waals surface area (Å²) in [6.45, 7) is 5.57. The molecule has 3 rings (SSSR count). The quantitative estimate of drug-likeness (QED) is 0.244. The van der Waals surface area contributed by atoms with E-state index in [2.05, 4.69) is 29.4 Å². The number of nitrogens with zero attached hydrogens (tertiary/aromatic N) is 4. The Morgan fingerprint density at radius 2 is 1.76 bits per heavy atom. The van der Waals surface area contributed by atoms with Crippen LogP contribution in [0.4, 0.5) is 32.2 Å². The summed E-state index contributed by atoms with van der Waals surface area (Å²) in [6.07, 6.45) is -12.6. The van der Waals surface area contributed by atoms with Gasteiger partial charge < -0.3 is 24.2 Å². The summed E-state index contributed by atoms with van der Waals surface area (Å²) in [4.78, 5) is 19.2. The van der Waals surface area contributed by atoms with E-state index in [4.69, 9.17) is 9.47 Å². The number of rotatable bonds is 10. The second-order valence-electron chi connectivity index (χ2n) is 9.79. The smallest absolute Gasteiger partial charge is 0.425 e. The van der Waals surface area contributed by atoms with Crippen LogP contribution in [0.3, 0.4) is 0 Å². The molecule has 1 unspecified atom stereocenters. The number of amides is 1. The van der Waals surface area contributed by atoms with Gasteiger partial charge in [0.15, 0.2) is 11.5 Å². The summed E-state index contributed by atoms with van der Waals surface area (Å²) >= 11 is 0. The molecular weight excluding hydrogens is 542 g/mol. The summed E-state index contributed by atoms with van der Waals surface area (Å²) in [7, 11) is -0.171. The first-order valence-corrected chi connectivity index (χ1v) is 15.2. The number of ether oxygens (including phenoxy) is 3. The van der Waals surface area contributed by atoms with Crippen molar-refractivity contribution in [2.45, 2.75) is 57.7 Å². The lowest BCUT2D eigenvalue weighted by atomic mass is 10.2. The standard InChI is InChI=1S/C22H28F6N4O5Si/c1-30-17-16(18(33)31(20(30)34)9-8-21(23,24)25)32(13-35-10-11-38(2,3)4)19(29-17)36-14-6-5-7-15(12-14)37-22(26,27)28/h5-7,12,20,34H,8-11,13H2,1-4H3. The van der Waals surface area contributed by atoms with Crippen LogP contribution in [0, 0.1) is 0 Å². The van der Waals surface area contributed by atoms with E-state index < -0.39 is 51.6 Å². The maximum atomic E-state index is 13.2. The Bertz CT molecular complexity index is 1130. The maximum Gasteiger partial charge on any atom is 0.573 e. The van der Waals surface area contributed by atoms with Gasteiger partial charge in [0.1, 0.15) is 18.2 Å². The lowest BCUT2D eigenvalue weighted by Gasteiger charge is -2.38. The van der Waals surface area contributed by atoms with Crippen LogP contribution < -0.4 is 14.4 Å². The lowest BCUT2D eigenvalue weighted by molar-refractivity contribution is -0.274. The topological polar surface area (TPSA) is 89.3 Å². The van der Waals surface area contributed by atoms with Crippen LogP contribution in [0.15, 0.2) is 24.3 Å². The largest absolute Gasteiger partial charge is 0.573 e. The predicted molar refractivity (Wildman–Crippen MR) is 126 cm³/mol. The Kier molecular flexibility index (Phi) is 8.57. The fraction of sp³-hybridized carbons (Fsp3) is 0.545. The zero-order valence-electron chi connectivity index (χ0n) is 21.1. The Hall–Kier alpha value is -2.98. The van der Waals surface area contributed by atoms with E-state index in [1.165, 1.54) is 23.7 Å². The molecule has 1 aliphatic heterocycles. The Labute approximate surface area is 215 Å². The van der Waals surface area contributed by atoms with E-state index in [0.717, 1.165) is 23.1 Å². The summed E-state index contributed by atoms with van der Waals surface area (Å²) in [5.41, 5.74) is -0.203. The van der Waals surface area contributed by atoms with Crippen molar-refractivity contribution in [1.82, 2.24) is 14.5 Å². The number of hydrogen-bond donors (Lipinski definition) is 1. The minimum absolute atomic E-state index is 0.0998. The average Bonchev–Trinajstić information content (AvgIpc) is 3.11. The number of fused-ring (bicyclic) bond motifs is 1. The number of aliphatic hydroxyl groups excluding tert-OH is 1. The maximum absolute atomic E-state index is 13.2. The molecule has 38 heavy (non-hydrogen) atoms. The van der Waals surface area contributed by atoms with Crippen molar-refractivity contribution in [3.05, 3.63) is 30.0 Å². The van der Waals surface area contributed by atoms with E-state index in [0.29, 0.717) is 11.5 Å². The van der Waals surface area contributed by atoms with Crippen molar-refractivity contribution in [3.63, 3.8) is 0 Å².